The molecule has 3 unspecified atom stereocenters. The average Bonchev–Trinajstić information content (AvgIpc) is 3.30. The molecule has 0 spiro atoms. The van der Waals surface area contributed by atoms with Crippen LogP contribution in [0.1, 0.15) is 153 Å². The van der Waals surface area contributed by atoms with Crippen LogP contribution in [0.4, 0.5) is 19.2 Å². The molecule has 0 fully saturated rings. The Morgan fingerprint density at radius 1 is 0.406 bits per heavy atom. The molecule has 4 rings (SSSR count). The number of hydrogen-bond acceptors (Lipinski definition) is 8. The van der Waals surface area contributed by atoms with Crippen LogP contribution >= 0.6 is 0 Å². The summed E-state index contributed by atoms with van der Waals surface area (Å²) in [6.45, 7) is 17.4. The third-order valence-electron chi connectivity index (χ3n) is 10.4. The smallest absolute Gasteiger partial charge is 0.410 e. The predicted molar refractivity (Wildman–Crippen MR) is 259 cm³/mol. The summed E-state index contributed by atoms with van der Waals surface area (Å²) in [5.41, 5.74) is 4.86. The van der Waals surface area contributed by atoms with Crippen molar-refractivity contribution in [2.75, 3.05) is 28.2 Å². The molecule has 4 amide bonds. The molecule has 352 valence electrons. The van der Waals surface area contributed by atoms with Crippen LogP contribution in [0.15, 0.2) is 97.1 Å². The SMILES string of the molecule is CCC(CC)c1cccc(OC(=O)NC)c1.CCCC(C)c1cccc(OC(=O)NC)c1.CCCC(C)c1cccc(OC(=O)NC)c1.CCCC(C)c1cccc(OC(=O)NC)c1. The number of carbonyl (C=O) groups excluding carboxylic acids is 4. The van der Waals surface area contributed by atoms with E-state index in [0.29, 0.717) is 46.7 Å². The quantitative estimate of drug-likeness (QED) is 0.0867. The zero-order valence-electron chi connectivity index (χ0n) is 40.5. The Morgan fingerprint density at radius 2 is 0.641 bits per heavy atom. The summed E-state index contributed by atoms with van der Waals surface area (Å²) in [6, 6.07) is 30.8. The van der Waals surface area contributed by atoms with Crippen molar-refractivity contribution >= 4 is 24.4 Å². The summed E-state index contributed by atoms with van der Waals surface area (Å²) in [5, 5.41) is 9.71. The fraction of sp³-hybridized carbons (Fsp3) is 0.462. The summed E-state index contributed by atoms with van der Waals surface area (Å²) in [5.74, 6) is 4.42. The number of ether oxygens (including phenoxy) is 4. The lowest BCUT2D eigenvalue weighted by molar-refractivity contribution is 0.202. The molecule has 0 heterocycles. The van der Waals surface area contributed by atoms with Gasteiger partial charge in [-0.2, -0.15) is 0 Å². The van der Waals surface area contributed by atoms with Crippen molar-refractivity contribution < 1.29 is 38.1 Å². The van der Waals surface area contributed by atoms with E-state index in [0.717, 1.165) is 51.4 Å². The molecule has 0 bridgehead atoms. The van der Waals surface area contributed by atoms with Gasteiger partial charge >= 0.3 is 24.4 Å². The second-order valence-corrected chi connectivity index (χ2v) is 15.4. The number of hydrogen-bond donors (Lipinski definition) is 4. The molecule has 0 radical (unpaired) electrons. The van der Waals surface area contributed by atoms with Gasteiger partial charge in [-0.25, -0.2) is 19.2 Å². The number of amides is 4. The van der Waals surface area contributed by atoms with Gasteiger partial charge in [-0.05, 0) is 127 Å². The Bertz CT molecular complexity index is 1780. The molecule has 0 aliphatic carbocycles. The van der Waals surface area contributed by atoms with Gasteiger partial charge < -0.3 is 40.2 Å². The Balaban J connectivity index is 0.000000427. The van der Waals surface area contributed by atoms with Gasteiger partial charge in [-0.15, -0.1) is 0 Å². The lowest BCUT2D eigenvalue weighted by Crippen LogP contribution is -2.22. The Hall–Kier alpha value is -6.04. The van der Waals surface area contributed by atoms with Crippen LogP contribution in [0.25, 0.3) is 0 Å². The summed E-state index contributed by atoms with van der Waals surface area (Å²) >= 11 is 0. The maximum atomic E-state index is 11.1. The maximum absolute atomic E-state index is 11.1. The third kappa shape index (κ3) is 22.4. The van der Waals surface area contributed by atoms with Crippen LogP contribution in [-0.4, -0.2) is 52.6 Å². The molecular formula is C52H76N4O8. The molecule has 12 nitrogen and oxygen atoms in total. The minimum atomic E-state index is -0.430. The second kappa shape index (κ2) is 32.6. The van der Waals surface area contributed by atoms with Crippen molar-refractivity contribution in [3.05, 3.63) is 119 Å². The molecular weight excluding hydrogens is 809 g/mol. The first-order valence-corrected chi connectivity index (χ1v) is 22.7. The van der Waals surface area contributed by atoms with E-state index >= 15 is 0 Å². The highest BCUT2D eigenvalue weighted by atomic mass is 16.6. The number of benzene rings is 4. The summed E-state index contributed by atoms with van der Waals surface area (Å²) in [6.07, 6.45) is 7.36. The van der Waals surface area contributed by atoms with Gasteiger partial charge in [0.15, 0.2) is 0 Å². The summed E-state index contributed by atoms with van der Waals surface area (Å²) < 4.78 is 20.3. The highest BCUT2D eigenvalue weighted by molar-refractivity contribution is 5.71. The maximum Gasteiger partial charge on any atom is 0.412 e. The highest BCUT2D eigenvalue weighted by Gasteiger charge is 2.11. The molecule has 12 heteroatoms. The van der Waals surface area contributed by atoms with Gasteiger partial charge in [-0.1, -0.05) is 123 Å². The van der Waals surface area contributed by atoms with E-state index in [4.69, 9.17) is 18.9 Å². The van der Waals surface area contributed by atoms with Crippen molar-refractivity contribution in [1.82, 2.24) is 21.3 Å². The Morgan fingerprint density at radius 3 is 0.859 bits per heavy atom. The van der Waals surface area contributed by atoms with E-state index in [1.54, 1.807) is 52.5 Å². The molecule has 0 aliphatic rings. The number of rotatable bonds is 16. The molecule has 0 saturated heterocycles. The van der Waals surface area contributed by atoms with Crippen molar-refractivity contribution in [2.45, 2.75) is 130 Å². The van der Waals surface area contributed by atoms with E-state index in [9.17, 15) is 19.2 Å². The molecule has 0 saturated carbocycles. The van der Waals surface area contributed by atoms with Crippen molar-refractivity contribution in [1.29, 1.82) is 0 Å². The van der Waals surface area contributed by atoms with Crippen LogP contribution in [0.5, 0.6) is 23.0 Å². The van der Waals surface area contributed by atoms with E-state index < -0.39 is 24.4 Å². The van der Waals surface area contributed by atoms with Crippen molar-refractivity contribution in [2.24, 2.45) is 0 Å². The lowest BCUT2D eigenvalue weighted by atomic mass is 9.94. The minimum absolute atomic E-state index is 0.429. The van der Waals surface area contributed by atoms with Gasteiger partial charge in [0.05, 0.1) is 0 Å². The summed E-state index contributed by atoms with van der Waals surface area (Å²) in [7, 11) is 6.19. The van der Waals surface area contributed by atoms with Crippen LogP contribution in [0.2, 0.25) is 0 Å². The molecule has 4 aromatic rings. The normalized spacial score (nSPS) is 11.5. The molecule has 0 aliphatic heterocycles. The van der Waals surface area contributed by atoms with E-state index in [2.05, 4.69) is 101 Å². The topological polar surface area (TPSA) is 153 Å². The summed E-state index contributed by atoms with van der Waals surface area (Å²) in [4.78, 5) is 44.2. The lowest BCUT2D eigenvalue weighted by Gasteiger charge is -2.13. The van der Waals surface area contributed by atoms with Crippen molar-refractivity contribution in [3.63, 3.8) is 0 Å². The van der Waals surface area contributed by atoms with Gasteiger partial charge in [-0.3, -0.25) is 0 Å². The molecule has 64 heavy (non-hydrogen) atoms. The highest BCUT2D eigenvalue weighted by Crippen LogP contribution is 2.28. The van der Waals surface area contributed by atoms with E-state index in [1.165, 1.54) is 22.3 Å². The van der Waals surface area contributed by atoms with Crippen LogP contribution < -0.4 is 40.2 Å². The first-order valence-electron chi connectivity index (χ1n) is 22.7. The zero-order chi connectivity index (χ0) is 47.9. The molecule has 4 N–H and O–H groups in total. The van der Waals surface area contributed by atoms with Gasteiger partial charge in [0.25, 0.3) is 0 Å². The van der Waals surface area contributed by atoms with Gasteiger partial charge in [0.1, 0.15) is 23.0 Å². The monoisotopic (exact) mass is 885 g/mol. The number of carbonyl (C=O) groups is 4. The van der Waals surface area contributed by atoms with Gasteiger partial charge in [0.2, 0.25) is 0 Å². The standard InChI is InChI=1S/4C13H19NO2/c3*1-4-6-10(2)11-7-5-8-12(9-11)16-13(15)14-3;1-4-10(5-2)11-7-6-8-12(9-11)16-13(15)14-3/h3*5,7-10H,4,6H2,1-3H3,(H,14,15);6-10H,4-5H2,1-3H3,(H,14,15). The van der Waals surface area contributed by atoms with E-state index in [-0.39, 0.29) is 0 Å². The third-order valence-corrected chi connectivity index (χ3v) is 10.4. The first kappa shape index (κ1) is 56.0. The minimum Gasteiger partial charge on any atom is -0.410 e. The van der Waals surface area contributed by atoms with Crippen LogP contribution in [0.3, 0.4) is 0 Å². The zero-order valence-corrected chi connectivity index (χ0v) is 40.5. The predicted octanol–water partition coefficient (Wildman–Crippen LogP) is 13.2. The van der Waals surface area contributed by atoms with Crippen LogP contribution in [-0.2, 0) is 0 Å². The van der Waals surface area contributed by atoms with Gasteiger partial charge in [0, 0.05) is 28.2 Å². The molecule has 4 aromatic carbocycles. The first-order chi connectivity index (χ1) is 30.7. The fourth-order valence-electron chi connectivity index (χ4n) is 6.68. The number of nitrogens with one attached hydrogen (secondary N) is 4. The second-order valence-electron chi connectivity index (χ2n) is 15.4. The van der Waals surface area contributed by atoms with Crippen molar-refractivity contribution in [3.8, 4) is 23.0 Å². The average molecular weight is 885 g/mol. The largest absolute Gasteiger partial charge is 0.412 e. The Labute approximate surface area is 383 Å². The Kier molecular flexibility index (Phi) is 28.5. The molecule has 3 atom stereocenters. The molecule has 0 aromatic heterocycles. The fourth-order valence-corrected chi connectivity index (χ4v) is 6.68. The van der Waals surface area contributed by atoms with Crippen LogP contribution in [0, 0.1) is 0 Å². The van der Waals surface area contributed by atoms with E-state index in [1.807, 2.05) is 48.5 Å².